The van der Waals surface area contributed by atoms with Gasteiger partial charge in [-0.05, 0) is 25.7 Å². The van der Waals surface area contributed by atoms with Gasteiger partial charge in [0.1, 0.15) is 18.1 Å². The van der Waals surface area contributed by atoms with Crippen LogP contribution in [0.2, 0.25) is 0 Å². The highest BCUT2D eigenvalue weighted by atomic mass is 16.4. The first kappa shape index (κ1) is 26.3. The number of carboxylic acids is 1. The summed E-state index contributed by atoms with van der Waals surface area (Å²) in [6, 6.07) is -4.73. The van der Waals surface area contributed by atoms with E-state index in [9.17, 15) is 34.2 Å². The zero-order chi connectivity index (χ0) is 22.7. The predicted octanol–water partition coefficient (Wildman–Crippen LogP) is -2.82. The normalized spacial score (nSPS) is 15.0. The van der Waals surface area contributed by atoms with Crippen molar-refractivity contribution in [1.29, 1.82) is 0 Å². The van der Waals surface area contributed by atoms with Crippen LogP contribution in [0.4, 0.5) is 0 Å². The van der Waals surface area contributed by atoms with Crippen LogP contribution < -0.4 is 27.4 Å². The monoisotopic (exact) mass is 417 g/mol. The van der Waals surface area contributed by atoms with Gasteiger partial charge in [-0.25, -0.2) is 4.79 Å². The first-order chi connectivity index (χ1) is 13.4. The van der Waals surface area contributed by atoms with E-state index in [1.807, 2.05) is 0 Å². The quantitative estimate of drug-likeness (QED) is 0.165. The number of carbonyl (C=O) groups excluding carboxylic acids is 4. The van der Waals surface area contributed by atoms with Gasteiger partial charge in [0.25, 0.3) is 0 Å². The van der Waals surface area contributed by atoms with Gasteiger partial charge in [0.05, 0.1) is 12.6 Å². The number of nitrogens with two attached hydrogens (primary N) is 2. The number of carbonyl (C=O) groups is 5. The number of carboxylic acid groups (broad SMARTS) is 1. The molecule has 9 N–H and O–H groups in total. The van der Waals surface area contributed by atoms with Crippen molar-refractivity contribution in [1.82, 2.24) is 16.0 Å². The van der Waals surface area contributed by atoms with E-state index in [1.165, 1.54) is 6.92 Å². The van der Waals surface area contributed by atoms with Crippen LogP contribution in [0.3, 0.4) is 0 Å². The minimum atomic E-state index is -1.40. The summed E-state index contributed by atoms with van der Waals surface area (Å²) in [6.45, 7) is 4.13. The molecule has 0 aromatic heterocycles. The van der Waals surface area contributed by atoms with Gasteiger partial charge in [0, 0.05) is 6.42 Å². The number of nitrogens with one attached hydrogen (secondary N) is 3. The molecule has 4 unspecified atom stereocenters. The van der Waals surface area contributed by atoms with Crippen LogP contribution in [0, 0.1) is 5.92 Å². The molecule has 29 heavy (non-hydrogen) atoms. The average molecular weight is 417 g/mol. The summed E-state index contributed by atoms with van der Waals surface area (Å²) >= 11 is 0. The summed E-state index contributed by atoms with van der Waals surface area (Å²) in [5.41, 5.74) is 10.6. The third-order valence-corrected chi connectivity index (χ3v) is 3.93. The second-order valence-corrected chi connectivity index (χ2v) is 7.11. The molecule has 0 radical (unpaired) electrons. The lowest BCUT2D eigenvalue weighted by molar-refractivity contribution is -0.143. The lowest BCUT2D eigenvalue weighted by atomic mass is 10.0. The average Bonchev–Trinajstić information content (AvgIpc) is 2.62. The smallest absolute Gasteiger partial charge is 0.326 e. The van der Waals surface area contributed by atoms with E-state index in [4.69, 9.17) is 11.5 Å². The maximum absolute atomic E-state index is 12.2. The van der Waals surface area contributed by atoms with Crippen molar-refractivity contribution in [3.05, 3.63) is 0 Å². The molecule has 0 bridgehead atoms. The van der Waals surface area contributed by atoms with Crippen molar-refractivity contribution in [3.8, 4) is 0 Å². The van der Waals surface area contributed by atoms with E-state index >= 15 is 0 Å². The topological polar surface area (TPSA) is 214 Å². The predicted molar refractivity (Wildman–Crippen MR) is 102 cm³/mol. The van der Waals surface area contributed by atoms with Gasteiger partial charge in [0.15, 0.2) is 0 Å². The van der Waals surface area contributed by atoms with Gasteiger partial charge in [-0.15, -0.1) is 0 Å². The number of rotatable bonds is 13. The van der Waals surface area contributed by atoms with Gasteiger partial charge < -0.3 is 37.6 Å². The number of aliphatic hydroxyl groups is 1. The Hall–Kier alpha value is -2.73. The molecule has 0 heterocycles. The fourth-order valence-electron chi connectivity index (χ4n) is 2.27. The summed E-state index contributed by atoms with van der Waals surface area (Å²) in [7, 11) is 0. The summed E-state index contributed by atoms with van der Waals surface area (Å²) in [6.07, 6.45) is 0.0788. The van der Waals surface area contributed by atoms with Crippen LogP contribution in [-0.2, 0) is 24.0 Å². The third-order valence-electron chi connectivity index (χ3n) is 3.93. The second kappa shape index (κ2) is 12.7. The first-order valence-electron chi connectivity index (χ1n) is 9.17. The molecule has 0 aromatic rings. The van der Waals surface area contributed by atoms with E-state index in [0.29, 0.717) is 0 Å². The lowest BCUT2D eigenvalue weighted by Crippen LogP contribution is -2.57. The molecular formula is C17H31N5O7. The maximum atomic E-state index is 12.2. The Bertz CT molecular complexity index is 611. The number of amides is 4. The molecule has 12 nitrogen and oxygen atoms in total. The van der Waals surface area contributed by atoms with Gasteiger partial charge in [-0.3, -0.25) is 19.2 Å². The Morgan fingerprint density at radius 2 is 1.45 bits per heavy atom. The highest BCUT2D eigenvalue weighted by Gasteiger charge is 2.28. The van der Waals surface area contributed by atoms with Crippen molar-refractivity contribution in [2.75, 3.05) is 6.61 Å². The molecule has 0 aliphatic heterocycles. The van der Waals surface area contributed by atoms with Gasteiger partial charge >= 0.3 is 5.97 Å². The molecule has 0 rings (SSSR count). The van der Waals surface area contributed by atoms with Crippen LogP contribution in [-0.4, -0.2) is 70.6 Å². The largest absolute Gasteiger partial charge is 0.480 e. The molecule has 0 aromatic carbocycles. The summed E-state index contributed by atoms with van der Waals surface area (Å²) in [4.78, 5) is 58.3. The van der Waals surface area contributed by atoms with Crippen LogP contribution in [0.15, 0.2) is 0 Å². The Kier molecular flexibility index (Phi) is 11.5. The third kappa shape index (κ3) is 10.4. The number of aliphatic carboxylic acids is 1. The molecule has 166 valence electrons. The Balaban J connectivity index is 4.79. The van der Waals surface area contributed by atoms with Crippen molar-refractivity contribution >= 4 is 29.6 Å². The molecular weight excluding hydrogens is 386 g/mol. The van der Waals surface area contributed by atoms with Crippen molar-refractivity contribution in [2.45, 2.75) is 64.2 Å². The Morgan fingerprint density at radius 1 is 0.897 bits per heavy atom. The number of aliphatic hydroxyl groups excluding tert-OH is 1. The number of hydrogen-bond donors (Lipinski definition) is 7. The van der Waals surface area contributed by atoms with Crippen LogP contribution >= 0.6 is 0 Å². The second-order valence-electron chi connectivity index (χ2n) is 7.11. The number of primary amides is 1. The summed E-state index contributed by atoms with van der Waals surface area (Å²) in [5.74, 6) is -4.21. The number of hydrogen-bond acceptors (Lipinski definition) is 7. The Morgan fingerprint density at radius 3 is 1.90 bits per heavy atom. The highest BCUT2D eigenvalue weighted by molar-refractivity contribution is 5.94. The van der Waals surface area contributed by atoms with Crippen LogP contribution in [0.25, 0.3) is 0 Å². The van der Waals surface area contributed by atoms with E-state index in [-0.39, 0.29) is 25.2 Å². The lowest BCUT2D eigenvalue weighted by Gasteiger charge is -2.23. The minimum absolute atomic E-state index is 0.00358. The van der Waals surface area contributed by atoms with Crippen LogP contribution in [0.5, 0.6) is 0 Å². The molecule has 0 aliphatic carbocycles. The zero-order valence-corrected chi connectivity index (χ0v) is 16.8. The van der Waals surface area contributed by atoms with Crippen LogP contribution in [0.1, 0.15) is 40.0 Å². The highest BCUT2D eigenvalue weighted by Crippen LogP contribution is 2.05. The molecule has 4 atom stereocenters. The molecule has 12 heteroatoms. The van der Waals surface area contributed by atoms with E-state index in [2.05, 4.69) is 16.0 Å². The zero-order valence-electron chi connectivity index (χ0n) is 16.8. The van der Waals surface area contributed by atoms with E-state index in [1.54, 1.807) is 13.8 Å². The van der Waals surface area contributed by atoms with Crippen molar-refractivity contribution < 1.29 is 34.2 Å². The SMILES string of the molecule is CC(C)CC(NC(=O)C(CO)NC(=O)C(C)NC(=O)C(N)CCC(N)=O)C(=O)O. The van der Waals surface area contributed by atoms with Gasteiger partial charge in [0.2, 0.25) is 23.6 Å². The molecule has 0 aliphatic rings. The molecule has 0 fully saturated rings. The fraction of sp³-hybridized carbons (Fsp3) is 0.706. The molecule has 0 spiro atoms. The standard InChI is InChI=1S/C17H31N5O7/c1-8(2)6-11(17(28)29)21-16(27)12(7-23)22-14(25)9(3)20-15(26)10(18)4-5-13(19)24/h8-12,23H,4-7,18H2,1-3H3,(H2,19,24)(H,20,26)(H,21,27)(H,22,25)(H,28,29). The summed E-state index contributed by atoms with van der Waals surface area (Å²) in [5, 5.41) is 25.4. The molecule has 0 saturated carbocycles. The first-order valence-corrected chi connectivity index (χ1v) is 9.17. The minimum Gasteiger partial charge on any atom is -0.480 e. The molecule has 4 amide bonds. The fourth-order valence-corrected chi connectivity index (χ4v) is 2.27. The van der Waals surface area contributed by atoms with E-state index in [0.717, 1.165) is 0 Å². The van der Waals surface area contributed by atoms with Crippen molar-refractivity contribution in [2.24, 2.45) is 17.4 Å². The van der Waals surface area contributed by atoms with Gasteiger partial charge in [-0.1, -0.05) is 13.8 Å². The molecule has 0 saturated heterocycles. The summed E-state index contributed by atoms with van der Waals surface area (Å²) < 4.78 is 0. The van der Waals surface area contributed by atoms with Crippen molar-refractivity contribution in [3.63, 3.8) is 0 Å². The van der Waals surface area contributed by atoms with E-state index < -0.39 is 60.4 Å². The Labute approximate surface area is 168 Å². The maximum Gasteiger partial charge on any atom is 0.326 e. The van der Waals surface area contributed by atoms with Gasteiger partial charge in [-0.2, -0.15) is 0 Å².